The average molecular weight is 346 g/mol. The molecule has 1 unspecified atom stereocenters. The number of halogens is 2. The van der Waals surface area contributed by atoms with Crippen molar-refractivity contribution in [1.29, 1.82) is 0 Å². The number of likely N-dealkylation sites (tertiary alicyclic amines) is 1. The third-order valence-electron chi connectivity index (χ3n) is 3.66. The van der Waals surface area contributed by atoms with Crippen LogP contribution >= 0.6 is 15.9 Å². The molecule has 1 N–H and O–H groups in total. The van der Waals surface area contributed by atoms with Crippen molar-refractivity contribution < 1.29 is 19.0 Å². The van der Waals surface area contributed by atoms with Gasteiger partial charge in [0, 0.05) is 6.04 Å². The number of carboxylic acid groups (broad SMARTS) is 1. The van der Waals surface area contributed by atoms with E-state index in [9.17, 15) is 9.18 Å². The Hall–Kier alpha value is -1.14. The number of rotatable bonds is 5. The molecule has 0 aliphatic carbocycles. The van der Waals surface area contributed by atoms with Gasteiger partial charge in [0.15, 0.2) is 11.6 Å². The van der Waals surface area contributed by atoms with Crippen LogP contribution in [0.5, 0.6) is 5.75 Å². The molecule has 1 aromatic rings. The van der Waals surface area contributed by atoms with E-state index in [1.54, 1.807) is 0 Å². The van der Waals surface area contributed by atoms with Crippen LogP contribution in [0.4, 0.5) is 4.39 Å². The molecule has 6 heteroatoms. The highest BCUT2D eigenvalue weighted by Gasteiger charge is 2.21. The Balaban J connectivity index is 1.96. The van der Waals surface area contributed by atoms with E-state index in [0.717, 1.165) is 19.4 Å². The van der Waals surface area contributed by atoms with Gasteiger partial charge >= 0.3 is 5.97 Å². The van der Waals surface area contributed by atoms with Crippen LogP contribution < -0.4 is 4.74 Å². The van der Waals surface area contributed by atoms with E-state index < -0.39 is 11.8 Å². The third kappa shape index (κ3) is 3.30. The molecule has 20 heavy (non-hydrogen) atoms. The lowest BCUT2D eigenvalue weighted by Crippen LogP contribution is -2.26. The topological polar surface area (TPSA) is 49.8 Å². The molecule has 0 radical (unpaired) electrons. The van der Waals surface area contributed by atoms with Crippen LogP contribution in [0.1, 0.15) is 29.6 Å². The summed E-state index contributed by atoms with van der Waals surface area (Å²) in [5.41, 5.74) is -0.106. The predicted octanol–water partition coefficient (Wildman–Crippen LogP) is 3.15. The van der Waals surface area contributed by atoms with Crippen LogP contribution in [0.15, 0.2) is 16.6 Å². The van der Waals surface area contributed by atoms with Gasteiger partial charge in [0.25, 0.3) is 0 Å². The van der Waals surface area contributed by atoms with Crippen molar-refractivity contribution in [2.45, 2.75) is 25.3 Å². The van der Waals surface area contributed by atoms with E-state index >= 15 is 0 Å². The summed E-state index contributed by atoms with van der Waals surface area (Å²) in [7, 11) is 2.08. The van der Waals surface area contributed by atoms with E-state index in [1.165, 1.54) is 18.6 Å². The van der Waals surface area contributed by atoms with E-state index in [1.807, 2.05) is 0 Å². The molecule has 0 saturated carbocycles. The Kier molecular flexibility index (Phi) is 4.99. The summed E-state index contributed by atoms with van der Waals surface area (Å²) in [6.45, 7) is 1.52. The summed E-state index contributed by atoms with van der Waals surface area (Å²) in [5.74, 6) is -1.75. The Morgan fingerprint density at radius 2 is 2.35 bits per heavy atom. The second-order valence-corrected chi connectivity index (χ2v) is 5.75. The Labute approximate surface area is 125 Å². The fourth-order valence-corrected chi connectivity index (χ4v) is 2.95. The summed E-state index contributed by atoms with van der Waals surface area (Å²) in [6, 6.07) is 3.19. The molecule has 1 saturated heterocycles. The van der Waals surface area contributed by atoms with Gasteiger partial charge in [0.2, 0.25) is 0 Å². The van der Waals surface area contributed by atoms with Gasteiger partial charge in [0.05, 0.1) is 16.6 Å². The lowest BCUT2D eigenvalue weighted by atomic mass is 10.1. The fraction of sp³-hybridized carbons (Fsp3) is 0.500. The smallest absolute Gasteiger partial charge is 0.336 e. The maximum atomic E-state index is 14.0. The highest BCUT2D eigenvalue weighted by molar-refractivity contribution is 9.10. The summed E-state index contributed by atoms with van der Waals surface area (Å²) >= 11 is 2.96. The molecular formula is C14H17BrFNO3. The van der Waals surface area contributed by atoms with E-state index in [-0.39, 0.29) is 15.8 Å². The van der Waals surface area contributed by atoms with Gasteiger partial charge in [-0.3, -0.25) is 0 Å². The van der Waals surface area contributed by atoms with E-state index in [0.29, 0.717) is 12.6 Å². The zero-order valence-corrected chi connectivity index (χ0v) is 12.8. The SMILES string of the molecule is CN1CCCC1CCOc1ccc(C(=O)O)c(Br)c1F. The lowest BCUT2D eigenvalue weighted by molar-refractivity contribution is 0.0695. The van der Waals surface area contributed by atoms with Crippen molar-refractivity contribution in [3.63, 3.8) is 0 Å². The standard InChI is InChI=1S/C14H17BrFNO3/c1-17-7-2-3-9(17)6-8-20-11-5-4-10(14(18)19)12(15)13(11)16/h4-5,9H,2-3,6-8H2,1H3,(H,18,19). The number of ether oxygens (including phenoxy) is 1. The first-order valence-corrected chi connectivity index (χ1v) is 7.34. The second kappa shape index (κ2) is 6.54. The van der Waals surface area contributed by atoms with Gasteiger partial charge in [0.1, 0.15) is 0 Å². The van der Waals surface area contributed by atoms with Crippen LogP contribution in [0.2, 0.25) is 0 Å². The van der Waals surface area contributed by atoms with Crippen LogP contribution in [-0.2, 0) is 0 Å². The van der Waals surface area contributed by atoms with E-state index in [2.05, 4.69) is 27.9 Å². The molecule has 1 aliphatic rings. The number of aromatic carboxylic acids is 1. The van der Waals surface area contributed by atoms with Crippen LogP contribution in [0.3, 0.4) is 0 Å². The fourth-order valence-electron chi connectivity index (χ4n) is 2.46. The Morgan fingerprint density at radius 3 is 2.95 bits per heavy atom. The number of nitrogens with zero attached hydrogens (tertiary/aromatic N) is 1. The molecule has 0 bridgehead atoms. The van der Waals surface area contributed by atoms with Crippen molar-refractivity contribution >= 4 is 21.9 Å². The molecule has 2 rings (SSSR count). The number of hydrogen-bond acceptors (Lipinski definition) is 3. The van der Waals surface area contributed by atoms with Crippen molar-refractivity contribution in [3.8, 4) is 5.75 Å². The molecule has 0 amide bonds. The Bertz CT molecular complexity index is 509. The minimum atomic E-state index is -1.17. The normalized spacial score (nSPS) is 19.2. The molecule has 4 nitrogen and oxygen atoms in total. The van der Waals surface area contributed by atoms with Gasteiger partial charge in [-0.2, -0.15) is 0 Å². The molecule has 0 aromatic heterocycles. The molecule has 1 fully saturated rings. The summed E-state index contributed by atoms with van der Waals surface area (Å²) < 4.78 is 19.3. The van der Waals surface area contributed by atoms with Gasteiger partial charge in [-0.15, -0.1) is 0 Å². The largest absolute Gasteiger partial charge is 0.490 e. The van der Waals surface area contributed by atoms with Gasteiger partial charge in [-0.1, -0.05) is 0 Å². The predicted molar refractivity (Wildman–Crippen MR) is 76.8 cm³/mol. The van der Waals surface area contributed by atoms with Crippen molar-refractivity contribution in [2.24, 2.45) is 0 Å². The van der Waals surface area contributed by atoms with Crippen LogP contribution in [0.25, 0.3) is 0 Å². The number of carbonyl (C=O) groups is 1. The minimum Gasteiger partial charge on any atom is -0.490 e. The van der Waals surface area contributed by atoms with Crippen molar-refractivity contribution in [1.82, 2.24) is 4.90 Å². The van der Waals surface area contributed by atoms with Gasteiger partial charge in [-0.25, -0.2) is 9.18 Å². The first-order chi connectivity index (χ1) is 9.50. The van der Waals surface area contributed by atoms with E-state index in [4.69, 9.17) is 9.84 Å². The number of carboxylic acids is 1. The highest BCUT2D eigenvalue weighted by Crippen LogP contribution is 2.29. The molecule has 0 spiro atoms. The monoisotopic (exact) mass is 345 g/mol. The zero-order chi connectivity index (χ0) is 14.7. The highest BCUT2D eigenvalue weighted by atomic mass is 79.9. The summed E-state index contributed by atoms with van der Waals surface area (Å²) in [5, 5.41) is 8.89. The second-order valence-electron chi connectivity index (χ2n) is 4.96. The quantitative estimate of drug-likeness (QED) is 0.890. The molecule has 1 aromatic carbocycles. The zero-order valence-electron chi connectivity index (χ0n) is 11.2. The van der Waals surface area contributed by atoms with Gasteiger partial charge < -0.3 is 14.7 Å². The molecule has 1 heterocycles. The molecule has 1 aliphatic heterocycles. The molecule has 1 atom stereocenters. The third-order valence-corrected chi connectivity index (χ3v) is 4.43. The summed E-state index contributed by atoms with van der Waals surface area (Å²) in [4.78, 5) is 13.1. The summed E-state index contributed by atoms with van der Waals surface area (Å²) in [6.07, 6.45) is 3.17. The van der Waals surface area contributed by atoms with Gasteiger partial charge in [-0.05, 0) is 60.9 Å². The first-order valence-electron chi connectivity index (χ1n) is 6.55. The Morgan fingerprint density at radius 1 is 1.60 bits per heavy atom. The number of benzene rings is 1. The van der Waals surface area contributed by atoms with Crippen LogP contribution in [0, 0.1) is 5.82 Å². The molecule has 110 valence electrons. The maximum absolute atomic E-state index is 14.0. The van der Waals surface area contributed by atoms with Crippen LogP contribution in [-0.4, -0.2) is 42.2 Å². The maximum Gasteiger partial charge on any atom is 0.336 e. The average Bonchev–Trinajstić information content (AvgIpc) is 2.80. The number of hydrogen-bond donors (Lipinski definition) is 1. The molecular weight excluding hydrogens is 329 g/mol. The van der Waals surface area contributed by atoms with Crippen molar-refractivity contribution in [3.05, 3.63) is 28.0 Å². The minimum absolute atomic E-state index is 0.0690. The lowest BCUT2D eigenvalue weighted by Gasteiger charge is -2.19. The van der Waals surface area contributed by atoms with Crippen molar-refractivity contribution in [2.75, 3.05) is 20.2 Å². The first kappa shape index (κ1) is 15.3.